The Morgan fingerprint density at radius 2 is 2.06 bits per heavy atom. The van der Waals surface area contributed by atoms with E-state index in [9.17, 15) is 14.9 Å². The Morgan fingerprint density at radius 3 is 2.71 bits per heavy atom. The fourth-order valence-corrected chi connectivity index (χ4v) is 3.82. The van der Waals surface area contributed by atoms with E-state index in [2.05, 4.69) is 31.1 Å². The van der Waals surface area contributed by atoms with Gasteiger partial charge in [-0.15, -0.1) is 0 Å². The van der Waals surface area contributed by atoms with Crippen LogP contribution in [0.5, 0.6) is 11.6 Å². The number of nitriles is 1. The lowest BCUT2D eigenvalue weighted by atomic mass is 9.87. The Hall–Kier alpha value is -3.96. The Morgan fingerprint density at radius 1 is 1.29 bits per heavy atom. The van der Waals surface area contributed by atoms with Crippen LogP contribution in [0.15, 0.2) is 59.0 Å². The number of carbonyl (C=O) groups excluding carboxylic acids is 1. The average Bonchev–Trinajstić information content (AvgIpc) is 3.36. The van der Waals surface area contributed by atoms with Gasteiger partial charge in [-0.2, -0.15) is 10.2 Å². The number of amides is 1. The zero-order chi connectivity index (χ0) is 25.0. The molecule has 0 unspecified atom stereocenters. The zero-order valence-electron chi connectivity index (χ0n) is 20.1. The summed E-state index contributed by atoms with van der Waals surface area (Å²) >= 11 is 0. The van der Waals surface area contributed by atoms with E-state index in [1.165, 1.54) is 10.5 Å². The molecule has 4 rings (SSSR count). The van der Waals surface area contributed by atoms with Gasteiger partial charge in [0.15, 0.2) is 0 Å². The number of nitrogens with one attached hydrogen (secondary N) is 1. The van der Waals surface area contributed by atoms with Gasteiger partial charge in [-0.3, -0.25) is 14.0 Å². The number of benzene rings is 1. The van der Waals surface area contributed by atoms with Crippen molar-refractivity contribution in [3.63, 3.8) is 0 Å². The second-order valence-corrected chi connectivity index (χ2v) is 9.46. The van der Waals surface area contributed by atoms with E-state index < -0.39 is 11.5 Å². The normalized spacial score (nSPS) is 16.2. The molecule has 180 valence electrons. The molecular weight excluding hydrogens is 444 g/mol. The van der Waals surface area contributed by atoms with Crippen LogP contribution in [0.1, 0.15) is 44.7 Å². The molecule has 1 amide bonds. The second-order valence-electron chi connectivity index (χ2n) is 9.46. The first kappa shape index (κ1) is 24.2. The van der Waals surface area contributed by atoms with Crippen LogP contribution in [0, 0.1) is 11.3 Å². The molecule has 0 radical (unpaired) electrons. The predicted molar refractivity (Wildman–Crippen MR) is 132 cm³/mol. The summed E-state index contributed by atoms with van der Waals surface area (Å²) in [5.74, 6) is -0.0772. The maximum Gasteiger partial charge on any atom is 0.269 e. The Labute approximate surface area is 203 Å². The summed E-state index contributed by atoms with van der Waals surface area (Å²) in [5, 5.41) is 12.4. The van der Waals surface area contributed by atoms with E-state index in [0.29, 0.717) is 24.5 Å². The van der Waals surface area contributed by atoms with Gasteiger partial charge in [0.2, 0.25) is 5.88 Å². The van der Waals surface area contributed by atoms with E-state index in [1.807, 2.05) is 30.3 Å². The van der Waals surface area contributed by atoms with Crippen molar-refractivity contribution in [2.75, 3.05) is 13.2 Å². The number of carbonyl (C=O) groups is 1. The van der Waals surface area contributed by atoms with Crippen LogP contribution in [0.3, 0.4) is 0 Å². The lowest BCUT2D eigenvalue weighted by Crippen LogP contribution is -2.32. The first-order chi connectivity index (χ1) is 16.8. The maximum absolute atomic E-state index is 13.3. The molecule has 1 fully saturated rings. The zero-order valence-corrected chi connectivity index (χ0v) is 20.1. The monoisotopic (exact) mass is 472 g/mol. The van der Waals surface area contributed by atoms with Crippen molar-refractivity contribution in [1.29, 1.82) is 5.26 Å². The third-order valence-electron chi connectivity index (χ3n) is 5.84. The van der Waals surface area contributed by atoms with Gasteiger partial charge in [-0.25, -0.2) is 0 Å². The quantitative estimate of drug-likeness (QED) is 0.430. The van der Waals surface area contributed by atoms with Crippen LogP contribution in [0.2, 0.25) is 0 Å². The molecule has 1 aliphatic rings. The summed E-state index contributed by atoms with van der Waals surface area (Å²) in [6.45, 7) is 7.31. The highest BCUT2D eigenvalue weighted by atomic mass is 16.5. The van der Waals surface area contributed by atoms with E-state index in [-0.39, 0.29) is 28.5 Å². The Kier molecular flexibility index (Phi) is 6.99. The first-order valence-electron chi connectivity index (χ1n) is 11.6. The largest absolute Gasteiger partial charge is 0.438 e. The maximum atomic E-state index is 13.3. The van der Waals surface area contributed by atoms with Crippen molar-refractivity contribution >= 4 is 17.6 Å². The number of hydrogen-bond acceptors (Lipinski definition) is 6. The fraction of sp³-hybridized carbons (Fsp3) is 0.333. The first-order valence-corrected chi connectivity index (χ1v) is 11.6. The molecule has 3 aromatic rings. The minimum Gasteiger partial charge on any atom is -0.438 e. The molecule has 0 aliphatic carbocycles. The molecule has 1 N–H and O–H groups in total. The SMILES string of the molecule is CC(C)(C)c1ccc(Oc2nc3ccccn3c(=O)c2/C=C(\C#N)C(=O)NC[C@@H]2CCCO2)cc1. The van der Waals surface area contributed by atoms with E-state index in [1.54, 1.807) is 24.4 Å². The molecule has 0 spiro atoms. The topological polar surface area (TPSA) is 106 Å². The van der Waals surface area contributed by atoms with E-state index >= 15 is 0 Å². The van der Waals surface area contributed by atoms with Gasteiger partial charge >= 0.3 is 0 Å². The molecular formula is C27H28N4O4. The van der Waals surface area contributed by atoms with Gasteiger partial charge in [-0.1, -0.05) is 39.0 Å². The molecule has 2 aromatic heterocycles. The molecule has 0 saturated carbocycles. The van der Waals surface area contributed by atoms with Gasteiger partial charge in [0.05, 0.1) is 6.10 Å². The summed E-state index contributed by atoms with van der Waals surface area (Å²) < 4.78 is 12.9. The number of ether oxygens (including phenoxy) is 2. The number of rotatable bonds is 6. The lowest BCUT2D eigenvalue weighted by molar-refractivity contribution is -0.117. The Balaban J connectivity index is 1.70. The van der Waals surface area contributed by atoms with Crippen molar-refractivity contribution in [3.05, 3.63) is 75.7 Å². The third-order valence-corrected chi connectivity index (χ3v) is 5.84. The summed E-state index contributed by atoms with van der Waals surface area (Å²) in [6, 6.07) is 14.6. The molecule has 1 saturated heterocycles. The van der Waals surface area contributed by atoms with Crippen molar-refractivity contribution in [1.82, 2.24) is 14.7 Å². The highest BCUT2D eigenvalue weighted by Gasteiger charge is 2.20. The average molecular weight is 473 g/mol. The summed E-state index contributed by atoms with van der Waals surface area (Å²) in [6.07, 6.45) is 4.54. The second kappa shape index (κ2) is 10.1. The molecule has 35 heavy (non-hydrogen) atoms. The fourth-order valence-electron chi connectivity index (χ4n) is 3.82. The van der Waals surface area contributed by atoms with E-state index in [0.717, 1.165) is 18.4 Å². The summed E-state index contributed by atoms with van der Waals surface area (Å²) in [5.41, 5.74) is 0.841. The minimum absolute atomic E-state index is 0.0115. The molecule has 8 nitrogen and oxygen atoms in total. The van der Waals surface area contributed by atoms with Crippen molar-refractivity contribution < 1.29 is 14.3 Å². The predicted octanol–water partition coefficient (Wildman–Crippen LogP) is 3.99. The molecule has 8 heteroatoms. The summed E-state index contributed by atoms with van der Waals surface area (Å²) in [4.78, 5) is 30.5. The van der Waals surface area contributed by atoms with Crippen LogP contribution in [0.25, 0.3) is 11.7 Å². The highest BCUT2D eigenvalue weighted by Crippen LogP contribution is 2.28. The van der Waals surface area contributed by atoms with Crippen molar-refractivity contribution in [3.8, 4) is 17.7 Å². The molecule has 1 aromatic carbocycles. The van der Waals surface area contributed by atoms with Crippen LogP contribution in [0.4, 0.5) is 0 Å². The summed E-state index contributed by atoms with van der Waals surface area (Å²) in [7, 11) is 0. The molecule has 0 bridgehead atoms. The van der Waals surface area contributed by atoms with Gasteiger partial charge in [0.25, 0.3) is 11.5 Å². The number of hydrogen-bond donors (Lipinski definition) is 1. The smallest absolute Gasteiger partial charge is 0.269 e. The van der Waals surface area contributed by atoms with Crippen LogP contribution in [-0.2, 0) is 14.9 Å². The van der Waals surface area contributed by atoms with Gasteiger partial charge in [0, 0.05) is 19.3 Å². The number of pyridine rings is 1. The molecule has 1 atom stereocenters. The third kappa shape index (κ3) is 5.58. The van der Waals surface area contributed by atoms with Gasteiger partial charge < -0.3 is 14.8 Å². The van der Waals surface area contributed by atoms with Crippen molar-refractivity contribution in [2.24, 2.45) is 0 Å². The van der Waals surface area contributed by atoms with Crippen molar-refractivity contribution in [2.45, 2.75) is 45.1 Å². The van der Waals surface area contributed by atoms with E-state index in [4.69, 9.17) is 9.47 Å². The highest BCUT2D eigenvalue weighted by molar-refractivity contribution is 6.01. The number of fused-ring (bicyclic) bond motifs is 1. The van der Waals surface area contributed by atoms with Gasteiger partial charge in [0.1, 0.15) is 28.6 Å². The molecule has 3 heterocycles. The standard InChI is InChI=1S/C27H28N4O4/c1-27(2,3)19-9-11-20(12-10-19)35-25-22(26(33)31-13-5-4-8-23(31)30-25)15-18(16-28)24(32)29-17-21-7-6-14-34-21/h4-5,8-13,15,21H,6-7,14,17H2,1-3H3,(H,29,32)/b18-15+/t21-/m0/s1. The number of nitrogens with zero attached hydrogens (tertiary/aromatic N) is 3. The Bertz CT molecular complexity index is 1360. The minimum atomic E-state index is -0.582. The van der Waals surface area contributed by atoms with Gasteiger partial charge in [-0.05, 0) is 54.2 Å². The van der Waals surface area contributed by atoms with Crippen LogP contribution < -0.4 is 15.6 Å². The van der Waals surface area contributed by atoms with Crippen LogP contribution in [-0.4, -0.2) is 34.5 Å². The molecule has 1 aliphatic heterocycles. The van der Waals surface area contributed by atoms with Crippen LogP contribution >= 0.6 is 0 Å². The number of aromatic nitrogens is 2. The lowest BCUT2D eigenvalue weighted by Gasteiger charge is -2.19.